The lowest BCUT2D eigenvalue weighted by atomic mass is 9.87. The van der Waals surface area contributed by atoms with Crippen molar-refractivity contribution in [3.8, 4) is 0 Å². The number of carbonyl (C=O) groups is 1. The van der Waals surface area contributed by atoms with Gasteiger partial charge in [-0.2, -0.15) is 0 Å². The molecule has 19 heavy (non-hydrogen) atoms. The molecular formula is C15H21ClN2O. The molecule has 1 aromatic heterocycles. The third-order valence-corrected chi connectivity index (χ3v) is 4.14. The van der Waals surface area contributed by atoms with Gasteiger partial charge >= 0.3 is 0 Å². The summed E-state index contributed by atoms with van der Waals surface area (Å²) in [7, 11) is 0. The molecule has 0 N–H and O–H groups in total. The maximum atomic E-state index is 12.6. The average molecular weight is 281 g/mol. The predicted molar refractivity (Wildman–Crippen MR) is 77.4 cm³/mol. The molecule has 4 heteroatoms. The van der Waals surface area contributed by atoms with Gasteiger partial charge in [0.25, 0.3) is 5.91 Å². The molecule has 104 valence electrons. The largest absolute Gasteiger partial charge is 0.335 e. The van der Waals surface area contributed by atoms with Crippen LogP contribution in [0.2, 0.25) is 5.15 Å². The molecule has 2 heterocycles. The number of amides is 1. The Morgan fingerprint density at radius 1 is 1.58 bits per heavy atom. The van der Waals surface area contributed by atoms with E-state index in [0.29, 0.717) is 22.7 Å². The fourth-order valence-corrected chi connectivity index (χ4v) is 3.11. The minimum Gasteiger partial charge on any atom is -0.335 e. The number of pyridine rings is 1. The highest BCUT2D eigenvalue weighted by Gasteiger charge is 2.31. The Morgan fingerprint density at radius 3 is 3.05 bits per heavy atom. The van der Waals surface area contributed by atoms with Crippen LogP contribution in [0.5, 0.6) is 0 Å². The van der Waals surface area contributed by atoms with E-state index in [1.807, 2.05) is 4.90 Å². The van der Waals surface area contributed by atoms with Crippen molar-refractivity contribution in [1.29, 1.82) is 0 Å². The van der Waals surface area contributed by atoms with E-state index in [9.17, 15) is 4.79 Å². The molecule has 0 saturated carbocycles. The van der Waals surface area contributed by atoms with Gasteiger partial charge in [0, 0.05) is 24.3 Å². The van der Waals surface area contributed by atoms with Gasteiger partial charge in [0.1, 0.15) is 5.15 Å². The van der Waals surface area contributed by atoms with Crippen LogP contribution >= 0.6 is 11.6 Å². The number of halogens is 1. The van der Waals surface area contributed by atoms with Crippen molar-refractivity contribution in [3.05, 3.63) is 29.0 Å². The van der Waals surface area contributed by atoms with Crippen LogP contribution in [0.15, 0.2) is 18.3 Å². The summed E-state index contributed by atoms with van der Waals surface area (Å²) in [5.41, 5.74) is 0.648. The molecule has 3 nitrogen and oxygen atoms in total. The van der Waals surface area contributed by atoms with Crippen molar-refractivity contribution in [2.24, 2.45) is 5.92 Å². The molecular weight excluding hydrogens is 260 g/mol. The average Bonchev–Trinajstić information content (AvgIpc) is 2.40. The summed E-state index contributed by atoms with van der Waals surface area (Å²) >= 11 is 5.87. The zero-order valence-corrected chi connectivity index (χ0v) is 12.4. The van der Waals surface area contributed by atoms with E-state index in [0.717, 1.165) is 25.8 Å². The standard InChI is InChI=1S/C15H21ClN2O/c1-3-5-13-11(2)6-4-9-18(13)15(19)12-7-8-17-14(16)10-12/h7-8,10-11,13H,3-6,9H2,1-2H3/t11-,13+/m0/s1. The first kappa shape index (κ1) is 14.3. The molecule has 0 radical (unpaired) electrons. The summed E-state index contributed by atoms with van der Waals surface area (Å²) in [6.07, 6.45) is 6.08. The first-order valence-corrected chi connectivity index (χ1v) is 7.43. The summed E-state index contributed by atoms with van der Waals surface area (Å²) in [6, 6.07) is 3.76. The fourth-order valence-electron chi connectivity index (χ4n) is 2.94. The molecule has 1 saturated heterocycles. The number of hydrogen-bond donors (Lipinski definition) is 0. The van der Waals surface area contributed by atoms with Gasteiger partial charge in [-0.3, -0.25) is 4.79 Å². The SMILES string of the molecule is CCC[C@@H]1[C@@H](C)CCCN1C(=O)c1ccnc(Cl)c1. The summed E-state index contributed by atoms with van der Waals surface area (Å²) in [4.78, 5) is 18.6. The maximum absolute atomic E-state index is 12.6. The number of rotatable bonds is 3. The van der Waals surface area contributed by atoms with Crippen molar-refractivity contribution in [3.63, 3.8) is 0 Å². The van der Waals surface area contributed by atoms with Crippen molar-refractivity contribution < 1.29 is 4.79 Å². The van der Waals surface area contributed by atoms with Gasteiger partial charge in [-0.15, -0.1) is 0 Å². The van der Waals surface area contributed by atoms with Crippen LogP contribution in [-0.2, 0) is 0 Å². The Balaban J connectivity index is 2.20. The van der Waals surface area contributed by atoms with Crippen LogP contribution in [0.4, 0.5) is 0 Å². The van der Waals surface area contributed by atoms with Crippen molar-refractivity contribution in [2.75, 3.05) is 6.54 Å². The topological polar surface area (TPSA) is 33.2 Å². The number of piperidine rings is 1. The molecule has 0 unspecified atom stereocenters. The highest BCUT2D eigenvalue weighted by molar-refractivity contribution is 6.29. The highest BCUT2D eigenvalue weighted by Crippen LogP contribution is 2.28. The number of likely N-dealkylation sites (tertiary alicyclic amines) is 1. The van der Waals surface area contributed by atoms with Crippen LogP contribution in [0, 0.1) is 5.92 Å². The molecule has 2 rings (SSSR count). The van der Waals surface area contributed by atoms with E-state index in [-0.39, 0.29) is 5.91 Å². The summed E-state index contributed by atoms with van der Waals surface area (Å²) < 4.78 is 0. The third-order valence-electron chi connectivity index (χ3n) is 3.93. The Labute approximate surface area is 120 Å². The van der Waals surface area contributed by atoms with Gasteiger partial charge in [-0.05, 0) is 37.3 Å². The van der Waals surface area contributed by atoms with Crippen LogP contribution in [0.3, 0.4) is 0 Å². The van der Waals surface area contributed by atoms with Gasteiger partial charge in [0.05, 0.1) is 0 Å². The third kappa shape index (κ3) is 3.27. The Bertz CT molecular complexity index is 450. The predicted octanol–water partition coefficient (Wildman–Crippen LogP) is 3.78. The number of nitrogens with zero attached hydrogens (tertiary/aromatic N) is 2. The van der Waals surface area contributed by atoms with E-state index >= 15 is 0 Å². The first-order chi connectivity index (χ1) is 9.13. The van der Waals surface area contributed by atoms with Gasteiger partial charge in [-0.1, -0.05) is 31.9 Å². The van der Waals surface area contributed by atoms with E-state index in [2.05, 4.69) is 18.8 Å². The number of carbonyl (C=O) groups excluding carboxylic acids is 1. The molecule has 0 aliphatic carbocycles. The molecule has 2 atom stereocenters. The van der Waals surface area contributed by atoms with E-state index in [4.69, 9.17) is 11.6 Å². The Hall–Kier alpha value is -1.09. The Kier molecular flexibility index (Phi) is 4.81. The Morgan fingerprint density at radius 2 is 2.37 bits per heavy atom. The van der Waals surface area contributed by atoms with E-state index in [1.54, 1.807) is 18.3 Å². The van der Waals surface area contributed by atoms with Gasteiger partial charge < -0.3 is 4.90 Å². The second kappa shape index (κ2) is 6.38. The van der Waals surface area contributed by atoms with Crippen molar-refractivity contribution in [2.45, 2.75) is 45.6 Å². The molecule has 1 aromatic rings. The molecule has 1 aliphatic heterocycles. The maximum Gasteiger partial charge on any atom is 0.254 e. The van der Waals surface area contributed by atoms with Crippen molar-refractivity contribution >= 4 is 17.5 Å². The highest BCUT2D eigenvalue weighted by atomic mass is 35.5. The molecule has 0 aromatic carbocycles. The number of aromatic nitrogens is 1. The second-order valence-corrected chi connectivity index (χ2v) is 5.73. The van der Waals surface area contributed by atoms with Crippen LogP contribution < -0.4 is 0 Å². The minimum absolute atomic E-state index is 0.0919. The lowest BCUT2D eigenvalue weighted by Crippen LogP contribution is -2.47. The summed E-state index contributed by atoms with van der Waals surface area (Å²) in [6.45, 7) is 5.28. The van der Waals surface area contributed by atoms with Gasteiger partial charge in [0.2, 0.25) is 0 Å². The molecule has 1 fully saturated rings. The van der Waals surface area contributed by atoms with Crippen LogP contribution in [0.1, 0.15) is 49.9 Å². The zero-order chi connectivity index (χ0) is 13.8. The fraction of sp³-hybridized carbons (Fsp3) is 0.600. The van der Waals surface area contributed by atoms with E-state index < -0.39 is 0 Å². The van der Waals surface area contributed by atoms with Gasteiger partial charge in [-0.25, -0.2) is 4.98 Å². The zero-order valence-electron chi connectivity index (χ0n) is 11.6. The monoisotopic (exact) mass is 280 g/mol. The smallest absolute Gasteiger partial charge is 0.254 e. The molecule has 0 spiro atoms. The van der Waals surface area contributed by atoms with Crippen LogP contribution in [-0.4, -0.2) is 28.4 Å². The normalized spacial score (nSPS) is 23.4. The van der Waals surface area contributed by atoms with E-state index in [1.165, 1.54) is 6.42 Å². The second-order valence-electron chi connectivity index (χ2n) is 5.34. The molecule has 1 amide bonds. The van der Waals surface area contributed by atoms with Crippen LogP contribution in [0.25, 0.3) is 0 Å². The summed E-state index contributed by atoms with van der Waals surface area (Å²) in [5.74, 6) is 0.671. The number of hydrogen-bond acceptors (Lipinski definition) is 2. The lowest BCUT2D eigenvalue weighted by Gasteiger charge is -2.40. The molecule has 1 aliphatic rings. The van der Waals surface area contributed by atoms with Gasteiger partial charge in [0.15, 0.2) is 0 Å². The molecule has 0 bridgehead atoms. The quantitative estimate of drug-likeness (QED) is 0.790. The lowest BCUT2D eigenvalue weighted by molar-refractivity contribution is 0.0497. The first-order valence-electron chi connectivity index (χ1n) is 7.06. The minimum atomic E-state index is 0.0919. The van der Waals surface area contributed by atoms with Crippen molar-refractivity contribution in [1.82, 2.24) is 9.88 Å². The summed E-state index contributed by atoms with van der Waals surface area (Å²) in [5, 5.41) is 0.378.